The van der Waals surface area contributed by atoms with Gasteiger partial charge in [0, 0.05) is 26.0 Å². The number of benzene rings is 1. The number of hydrogen-bond donors (Lipinski definition) is 1. The molecule has 5 nitrogen and oxygen atoms in total. The van der Waals surface area contributed by atoms with Crippen LogP contribution in [-0.2, 0) is 16.6 Å². The van der Waals surface area contributed by atoms with E-state index in [1.165, 1.54) is 18.4 Å². The van der Waals surface area contributed by atoms with E-state index in [1.807, 2.05) is 25.3 Å². The third-order valence-electron chi connectivity index (χ3n) is 3.08. The second kappa shape index (κ2) is 6.24. The van der Waals surface area contributed by atoms with Crippen LogP contribution in [0.4, 0.5) is 5.69 Å². The standard InChI is InChI=1S/C15H19N3O2S/c1-12-4-5-14(16-10-12)11-17-13-6-8-15(9-7-13)21(19,20)18(2)3/h4-10,17H,11H2,1-3H3. The number of nitrogens with one attached hydrogen (secondary N) is 1. The molecule has 6 heteroatoms. The molecule has 2 rings (SSSR count). The molecule has 0 aliphatic rings. The zero-order valence-electron chi connectivity index (χ0n) is 12.4. The summed E-state index contributed by atoms with van der Waals surface area (Å²) in [4.78, 5) is 4.59. The molecular weight excluding hydrogens is 286 g/mol. The Morgan fingerprint density at radius 2 is 1.76 bits per heavy atom. The normalized spacial score (nSPS) is 11.6. The molecule has 0 aliphatic carbocycles. The van der Waals surface area contributed by atoms with Gasteiger partial charge < -0.3 is 5.32 Å². The molecule has 0 unspecified atom stereocenters. The lowest BCUT2D eigenvalue weighted by Crippen LogP contribution is -2.22. The third kappa shape index (κ3) is 3.80. The average Bonchev–Trinajstić information content (AvgIpc) is 2.47. The van der Waals surface area contributed by atoms with Crippen LogP contribution in [0.25, 0.3) is 0 Å². The van der Waals surface area contributed by atoms with Crippen molar-refractivity contribution in [2.75, 3.05) is 19.4 Å². The fraction of sp³-hybridized carbons (Fsp3) is 0.267. The maximum atomic E-state index is 12.0. The molecule has 0 spiro atoms. The lowest BCUT2D eigenvalue weighted by Gasteiger charge is -2.12. The van der Waals surface area contributed by atoms with Gasteiger partial charge in [-0.05, 0) is 42.8 Å². The summed E-state index contributed by atoms with van der Waals surface area (Å²) in [5.41, 5.74) is 2.91. The Labute approximate surface area is 125 Å². The summed E-state index contributed by atoms with van der Waals surface area (Å²) in [5, 5.41) is 3.22. The summed E-state index contributed by atoms with van der Waals surface area (Å²) < 4.78 is 25.1. The predicted octanol–water partition coefficient (Wildman–Crippen LogP) is 2.25. The van der Waals surface area contributed by atoms with Gasteiger partial charge in [0.25, 0.3) is 0 Å². The molecule has 0 saturated heterocycles. The molecule has 112 valence electrons. The Bertz CT molecular complexity index is 693. The average molecular weight is 305 g/mol. The van der Waals surface area contributed by atoms with Gasteiger partial charge in [0.05, 0.1) is 17.1 Å². The van der Waals surface area contributed by atoms with Crippen molar-refractivity contribution in [1.82, 2.24) is 9.29 Å². The monoisotopic (exact) mass is 305 g/mol. The molecule has 0 aliphatic heterocycles. The first-order valence-electron chi connectivity index (χ1n) is 6.57. The van der Waals surface area contributed by atoms with Crippen molar-refractivity contribution >= 4 is 15.7 Å². The quantitative estimate of drug-likeness (QED) is 0.920. The van der Waals surface area contributed by atoms with Crippen molar-refractivity contribution in [3.05, 3.63) is 53.9 Å². The van der Waals surface area contributed by atoms with E-state index in [1.54, 1.807) is 24.3 Å². The van der Waals surface area contributed by atoms with Gasteiger partial charge >= 0.3 is 0 Å². The number of aryl methyl sites for hydroxylation is 1. The first kappa shape index (κ1) is 15.5. The maximum Gasteiger partial charge on any atom is 0.242 e. The van der Waals surface area contributed by atoms with Gasteiger partial charge in [-0.3, -0.25) is 4.98 Å². The lowest BCUT2D eigenvalue weighted by molar-refractivity contribution is 0.521. The van der Waals surface area contributed by atoms with Crippen LogP contribution in [0.2, 0.25) is 0 Å². The largest absolute Gasteiger partial charge is 0.379 e. The van der Waals surface area contributed by atoms with Gasteiger partial charge in [-0.1, -0.05) is 6.07 Å². The zero-order valence-corrected chi connectivity index (χ0v) is 13.2. The Balaban J connectivity index is 2.05. The third-order valence-corrected chi connectivity index (χ3v) is 4.91. The predicted molar refractivity (Wildman–Crippen MR) is 83.6 cm³/mol. The Morgan fingerprint density at radius 3 is 2.29 bits per heavy atom. The molecule has 21 heavy (non-hydrogen) atoms. The minimum Gasteiger partial charge on any atom is -0.379 e. The van der Waals surface area contributed by atoms with Gasteiger partial charge in [-0.2, -0.15) is 0 Å². The second-order valence-corrected chi connectivity index (χ2v) is 7.14. The highest BCUT2D eigenvalue weighted by Gasteiger charge is 2.16. The minimum absolute atomic E-state index is 0.284. The molecule has 0 radical (unpaired) electrons. The number of hydrogen-bond acceptors (Lipinski definition) is 4. The number of aromatic nitrogens is 1. The Morgan fingerprint density at radius 1 is 1.10 bits per heavy atom. The van der Waals surface area contributed by atoms with Crippen LogP contribution in [0.3, 0.4) is 0 Å². The van der Waals surface area contributed by atoms with Crippen LogP contribution in [0.5, 0.6) is 0 Å². The van der Waals surface area contributed by atoms with Gasteiger partial charge in [-0.25, -0.2) is 12.7 Å². The molecule has 1 aromatic carbocycles. The molecule has 0 saturated carbocycles. The fourth-order valence-electron chi connectivity index (χ4n) is 1.75. The smallest absolute Gasteiger partial charge is 0.242 e. The van der Waals surface area contributed by atoms with E-state index < -0.39 is 10.0 Å². The van der Waals surface area contributed by atoms with Crippen LogP contribution in [0, 0.1) is 6.92 Å². The first-order chi connectivity index (χ1) is 9.89. The van der Waals surface area contributed by atoms with Crippen molar-refractivity contribution in [1.29, 1.82) is 0 Å². The van der Waals surface area contributed by atoms with Gasteiger partial charge in [0.1, 0.15) is 0 Å². The molecule has 1 heterocycles. The number of nitrogens with zero attached hydrogens (tertiary/aromatic N) is 2. The van der Waals surface area contributed by atoms with Crippen LogP contribution in [-0.4, -0.2) is 31.8 Å². The topological polar surface area (TPSA) is 62.3 Å². The van der Waals surface area contributed by atoms with Crippen LogP contribution in [0.15, 0.2) is 47.5 Å². The van der Waals surface area contributed by atoms with Crippen molar-refractivity contribution in [3.63, 3.8) is 0 Å². The maximum absolute atomic E-state index is 12.0. The number of anilines is 1. The highest BCUT2D eigenvalue weighted by atomic mass is 32.2. The van der Waals surface area contributed by atoms with Crippen molar-refractivity contribution in [2.45, 2.75) is 18.4 Å². The van der Waals surface area contributed by atoms with E-state index in [0.29, 0.717) is 6.54 Å². The second-order valence-electron chi connectivity index (χ2n) is 4.99. The van der Waals surface area contributed by atoms with E-state index in [-0.39, 0.29) is 4.90 Å². The summed E-state index contributed by atoms with van der Waals surface area (Å²) in [7, 11) is -0.336. The van der Waals surface area contributed by atoms with Crippen molar-refractivity contribution < 1.29 is 8.42 Å². The van der Waals surface area contributed by atoms with Crippen molar-refractivity contribution in [2.24, 2.45) is 0 Å². The highest BCUT2D eigenvalue weighted by molar-refractivity contribution is 7.89. The minimum atomic E-state index is -3.37. The van der Waals surface area contributed by atoms with E-state index in [9.17, 15) is 8.42 Å². The molecule has 1 aromatic heterocycles. The van der Waals surface area contributed by atoms with Crippen molar-refractivity contribution in [3.8, 4) is 0 Å². The molecule has 0 atom stereocenters. The fourth-order valence-corrected chi connectivity index (χ4v) is 2.65. The Hall–Kier alpha value is -1.92. The molecule has 0 bridgehead atoms. The van der Waals surface area contributed by atoms with Gasteiger partial charge in [0.15, 0.2) is 0 Å². The Kier molecular flexibility index (Phi) is 4.59. The molecule has 2 aromatic rings. The molecular formula is C15H19N3O2S. The lowest BCUT2D eigenvalue weighted by atomic mass is 10.2. The summed E-state index contributed by atoms with van der Waals surface area (Å²) in [5.74, 6) is 0. The zero-order chi connectivity index (χ0) is 15.5. The summed E-state index contributed by atoms with van der Waals surface area (Å²) in [6, 6.07) is 10.7. The van der Waals surface area contributed by atoms with E-state index in [0.717, 1.165) is 16.9 Å². The van der Waals surface area contributed by atoms with Gasteiger partial charge in [0.2, 0.25) is 10.0 Å². The van der Waals surface area contributed by atoms with Gasteiger partial charge in [-0.15, -0.1) is 0 Å². The van der Waals surface area contributed by atoms with Crippen LogP contribution in [0.1, 0.15) is 11.3 Å². The van der Waals surface area contributed by atoms with E-state index in [4.69, 9.17) is 0 Å². The first-order valence-corrected chi connectivity index (χ1v) is 8.01. The van der Waals surface area contributed by atoms with E-state index >= 15 is 0 Å². The summed E-state index contributed by atoms with van der Waals surface area (Å²) >= 11 is 0. The van der Waals surface area contributed by atoms with Crippen LogP contribution < -0.4 is 5.32 Å². The highest BCUT2D eigenvalue weighted by Crippen LogP contribution is 2.17. The SMILES string of the molecule is Cc1ccc(CNc2ccc(S(=O)(=O)N(C)C)cc2)nc1. The number of rotatable bonds is 5. The molecule has 1 N–H and O–H groups in total. The van der Waals surface area contributed by atoms with E-state index in [2.05, 4.69) is 10.3 Å². The number of pyridine rings is 1. The number of sulfonamides is 1. The molecule has 0 amide bonds. The summed E-state index contributed by atoms with van der Waals surface area (Å²) in [6.45, 7) is 2.59. The molecule has 0 fully saturated rings. The summed E-state index contributed by atoms with van der Waals surface area (Å²) in [6.07, 6.45) is 1.82. The van der Waals surface area contributed by atoms with Crippen LogP contribution >= 0.6 is 0 Å².